The second-order valence-electron chi connectivity index (χ2n) is 3.15. The highest BCUT2D eigenvalue weighted by Crippen LogP contribution is 2.15. The molecule has 0 bridgehead atoms. The summed E-state index contributed by atoms with van der Waals surface area (Å²) in [6.07, 6.45) is 1.11. The Bertz CT molecular complexity index is 194. The van der Waals surface area contributed by atoms with E-state index < -0.39 is 0 Å². The largest absolute Gasteiger partial charge is 0.369 e. The summed E-state index contributed by atoms with van der Waals surface area (Å²) in [6.45, 7) is 3.57. The Morgan fingerprint density at radius 2 is 2.00 bits per heavy atom. The minimum absolute atomic E-state index is 0.229. The first-order valence-corrected chi connectivity index (χ1v) is 4.32. The zero-order valence-electron chi connectivity index (χ0n) is 8.04. The Kier molecular flexibility index (Phi) is 5.06. The number of carbonyl (C=O) groups is 2. The summed E-state index contributed by atoms with van der Waals surface area (Å²) >= 11 is 0. The fraction of sp³-hybridized carbons (Fsp3) is 0.750. The molecule has 0 aliphatic rings. The molecule has 2 amide bonds. The van der Waals surface area contributed by atoms with Crippen LogP contribution in [0.2, 0.25) is 0 Å². The molecule has 0 radical (unpaired) electrons. The van der Waals surface area contributed by atoms with Gasteiger partial charge in [0.1, 0.15) is 0 Å². The van der Waals surface area contributed by atoms with Gasteiger partial charge in [0.25, 0.3) is 0 Å². The van der Waals surface area contributed by atoms with Crippen molar-refractivity contribution in [3.63, 3.8) is 0 Å². The monoisotopic (exact) mass is 187 g/mol. The van der Waals surface area contributed by atoms with Crippen molar-refractivity contribution in [2.45, 2.75) is 26.7 Å². The number of nitrogens with one attached hydrogen (secondary N) is 1. The first-order valence-electron chi connectivity index (χ1n) is 4.32. The maximum absolute atomic E-state index is 11.1. The van der Waals surface area contributed by atoms with E-state index in [1.54, 1.807) is 6.92 Å². The lowest BCUT2D eigenvalue weighted by Crippen LogP contribution is -2.37. The van der Waals surface area contributed by atoms with Crippen LogP contribution in [0.25, 0.3) is 0 Å². The Balaban J connectivity index is 4.12. The van der Waals surface area contributed by atoms with Crippen LogP contribution in [-0.4, -0.2) is 11.8 Å². The van der Waals surface area contributed by atoms with Crippen LogP contribution in [0, 0.1) is 11.8 Å². The first-order chi connectivity index (χ1) is 6.02. The smallest absolute Gasteiger partial charge is 0.236 e. The van der Waals surface area contributed by atoms with Crippen LogP contribution in [0.5, 0.6) is 0 Å². The van der Waals surface area contributed by atoms with Crippen LogP contribution in [0.1, 0.15) is 26.7 Å². The predicted molar refractivity (Wildman–Crippen MR) is 49.1 cm³/mol. The minimum atomic E-state index is -0.386. The maximum Gasteiger partial charge on any atom is 0.236 e. The van der Waals surface area contributed by atoms with Gasteiger partial charge in [0, 0.05) is 11.8 Å². The fourth-order valence-corrected chi connectivity index (χ4v) is 1.12. The standard InChI is InChI=1S/C8H17N3O2/c1-3-6(8(13)11-10)4-5(2)7(9)12/h5-6H,3-4,10H2,1-2H3,(H2,9,12)(H,11,13). The molecule has 0 aliphatic heterocycles. The summed E-state index contributed by atoms with van der Waals surface area (Å²) in [5.41, 5.74) is 7.15. The predicted octanol–water partition coefficient (Wildman–Crippen LogP) is -0.486. The molecule has 0 fully saturated rings. The van der Waals surface area contributed by atoms with Gasteiger partial charge in [-0.25, -0.2) is 5.84 Å². The van der Waals surface area contributed by atoms with Crippen LogP contribution in [-0.2, 0) is 9.59 Å². The van der Waals surface area contributed by atoms with E-state index in [1.807, 2.05) is 6.92 Å². The average Bonchev–Trinajstić information content (AvgIpc) is 2.12. The molecule has 13 heavy (non-hydrogen) atoms. The van der Waals surface area contributed by atoms with E-state index in [1.165, 1.54) is 0 Å². The van der Waals surface area contributed by atoms with Crippen LogP contribution in [0.4, 0.5) is 0 Å². The summed E-state index contributed by atoms with van der Waals surface area (Å²) in [5, 5.41) is 0. The van der Waals surface area contributed by atoms with E-state index in [0.717, 1.165) is 0 Å². The van der Waals surface area contributed by atoms with Gasteiger partial charge in [-0.15, -0.1) is 0 Å². The summed E-state index contributed by atoms with van der Waals surface area (Å²) in [6, 6.07) is 0. The normalized spacial score (nSPS) is 14.7. The van der Waals surface area contributed by atoms with E-state index in [9.17, 15) is 9.59 Å². The third kappa shape index (κ3) is 3.89. The zero-order chi connectivity index (χ0) is 10.4. The Morgan fingerprint density at radius 1 is 1.46 bits per heavy atom. The summed E-state index contributed by atoms with van der Waals surface area (Å²) in [5.74, 6) is 3.84. The van der Waals surface area contributed by atoms with Gasteiger partial charge in [0.05, 0.1) is 0 Å². The zero-order valence-corrected chi connectivity index (χ0v) is 8.04. The van der Waals surface area contributed by atoms with Crippen molar-refractivity contribution in [3.05, 3.63) is 0 Å². The number of hydrazine groups is 1. The first kappa shape index (κ1) is 11.9. The quantitative estimate of drug-likeness (QED) is 0.308. The van der Waals surface area contributed by atoms with Crippen molar-refractivity contribution in [2.75, 3.05) is 0 Å². The highest BCUT2D eigenvalue weighted by molar-refractivity contribution is 5.80. The lowest BCUT2D eigenvalue weighted by molar-refractivity contribution is -0.127. The highest BCUT2D eigenvalue weighted by Gasteiger charge is 2.20. The number of amides is 2. The molecule has 5 nitrogen and oxygen atoms in total. The molecule has 76 valence electrons. The van der Waals surface area contributed by atoms with E-state index in [4.69, 9.17) is 11.6 Å². The molecular formula is C8H17N3O2. The van der Waals surface area contributed by atoms with Gasteiger partial charge in [-0.3, -0.25) is 15.0 Å². The van der Waals surface area contributed by atoms with E-state index in [0.29, 0.717) is 12.8 Å². The Hall–Kier alpha value is -1.10. The van der Waals surface area contributed by atoms with Gasteiger partial charge in [-0.1, -0.05) is 13.8 Å². The molecular weight excluding hydrogens is 170 g/mol. The molecule has 0 aromatic carbocycles. The van der Waals surface area contributed by atoms with Gasteiger partial charge in [-0.2, -0.15) is 0 Å². The topological polar surface area (TPSA) is 98.2 Å². The summed E-state index contributed by atoms with van der Waals surface area (Å²) < 4.78 is 0. The van der Waals surface area contributed by atoms with Crippen LogP contribution >= 0.6 is 0 Å². The molecule has 0 saturated carbocycles. The van der Waals surface area contributed by atoms with E-state index in [-0.39, 0.29) is 23.7 Å². The molecule has 2 unspecified atom stereocenters. The number of carbonyl (C=O) groups excluding carboxylic acids is 2. The molecule has 0 rings (SSSR count). The second kappa shape index (κ2) is 5.53. The fourth-order valence-electron chi connectivity index (χ4n) is 1.12. The summed E-state index contributed by atoms with van der Waals surface area (Å²) in [7, 11) is 0. The third-order valence-electron chi connectivity index (χ3n) is 2.13. The molecule has 0 saturated heterocycles. The molecule has 2 atom stereocenters. The van der Waals surface area contributed by atoms with Gasteiger partial charge < -0.3 is 5.73 Å². The molecule has 0 aromatic heterocycles. The van der Waals surface area contributed by atoms with Crippen molar-refractivity contribution < 1.29 is 9.59 Å². The minimum Gasteiger partial charge on any atom is -0.369 e. The highest BCUT2D eigenvalue weighted by atomic mass is 16.2. The van der Waals surface area contributed by atoms with Crippen molar-refractivity contribution >= 4 is 11.8 Å². The van der Waals surface area contributed by atoms with Crippen LogP contribution in [0.3, 0.4) is 0 Å². The van der Waals surface area contributed by atoms with Crippen LogP contribution in [0.15, 0.2) is 0 Å². The molecule has 5 N–H and O–H groups in total. The number of hydrogen-bond acceptors (Lipinski definition) is 3. The SMILES string of the molecule is CCC(CC(C)C(N)=O)C(=O)NN. The van der Waals surface area contributed by atoms with E-state index >= 15 is 0 Å². The van der Waals surface area contributed by atoms with Crippen molar-refractivity contribution in [3.8, 4) is 0 Å². The molecule has 0 aromatic rings. The number of nitrogens with two attached hydrogens (primary N) is 2. The average molecular weight is 187 g/mol. The van der Waals surface area contributed by atoms with Gasteiger partial charge in [0.15, 0.2) is 0 Å². The van der Waals surface area contributed by atoms with Crippen molar-refractivity contribution in [1.82, 2.24) is 5.43 Å². The van der Waals surface area contributed by atoms with Gasteiger partial charge >= 0.3 is 0 Å². The van der Waals surface area contributed by atoms with Crippen LogP contribution < -0.4 is 17.0 Å². The number of primary amides is 1. The molecule has 0 spiro atoms. The molecule has 5 heteroatoms. The number of hydrogen-bond donors (Lipinski definition) is 3. The van der Waals surface area contributed by atoms with Gasteiger partial charge in [0.2, 0.25) is 11.8 Å². The molecule has 0 aliphatic carbocycles. The Morgan fingerprint density at radius 3 is 2.31 bits per heavy atom. The molecule has 0 heterocycles. The second-order valence-corrected chi connectivity index (χ2v) is 3.15. The lowest BCUT2D eigenvalue weighted by Gasteiger charge is -2.15. The van der Waals surface area contributed by atoms with Crippen molar-refractivity contribution in [2.24, 2.45) is 23.4 Å². The summed E-state index contributed by atoms with van der Waals surface area (Å²) in [4.78, 5) is 21.8. The third-order valence-corrected chi connectivity index (χ3v) is 2.13. The lowest BCUT2D eigenvalue weighted by atomic mass is 9.93. The number of rotatable bonds is 5. The maximum atomic E-state index is 11.1. The Labute approximate surface area is 77.8 Å². The van der Waals surface area contributed by atoms with E-state index in [2.05, 4.69) is 5.43 Å². The van der Waals surface area contributed by atoms with Crippen molar-refractivity contribution in [1.29, 1.82) is 0 Å². The van der Waals surface area contributed by atoms with Gasteiger partial charge in [-0.05, 0) is 12.8 Å².